The molecule has 1 amide bonds. The lowest BCUT2D eigenvalue weighted by molar-refractivity contribution is -0.145. The quantitative estimate of drug-likeness (QED) is 0.767. The number of hydrogen-bond donors (Lipinski definition) is 2. The minimum absolute atomic E-state index is 0.0175. The van der Waals surface area contributed by atoms with E-state index < -0.39 is 29.7 Å². The molecule has 1 heterocycles. The second-order valence-corrected chi connectivity index (χ2v) is 6.38. The van der Waals surface area contributed by atoms with E-state index in [1.54, 1.807) is 0 Å². The topological polar surface area (TPSA) is 84.9 Å². The third kappa shape index (κ3) is 5.57. The van der Waals surface area contributed by atoms with E-state index in [-0.39, 0.29) is 23.2 Å². The Kier molecular flexibility index (Phi) is 7.01. The van der Waals surface area contributed by atoms with Crippen molar-refractivity contribution in [3.05, 3.63) is 29.0 Å². The van der Waals surface area contributed by atoms with E-state index in [1.807, 2.05) is 0 Å². The van der Waals surface area contributed by atoms with Crippen LogP contribution in [0.25, 0.3) is 0 Å². The molecule has 2 rings (SSSR count). The van der Waals surface area contributed by atoms with Crippen LogP contribution >= 0.6 is 11.6 Å². The number of nitrogens with one attached hydrogen (secondary N) is 1. The lowest BCUT2D eigenvalue weighted by atomic mass is 9.86. The standard InChI is InChI=1S/C17H21ClFNO5/c1-10(25-15-3-2-12(19)8-14(15)18)16(21)20-9-13(17(22)23)11-4-6-24-7-5-11/h2-3,8,10-11,13H,4-7,9H2,1H3,(H,20,21)(H,22,23). The van der Waals surface area contributed by atoms with Gasteiger partial charge in [0.05, 0.1) is 10.9 Å². The molecular weight excluding hydrogens is 353 g/mol. The number of carboxylic acid groups (broad SMARTS) is 1. The normalized spacial score (nSPS) is 17.6. The van der Waals surface area contributed by atoms with Crippen molar-refractivity contribution in [3.8, 4) is 5.75 Å². The number of rotatable bonds is 7. The Morgan fingerprint density at radius 2 is 2.12 bits per heavy atom. The zero-order valence-electron chi connectivity index (χ0n) is 13.8. The van der Waals surface area contributed by atoms with Crippen LogP contribution in [0, 0.1) is 17.7 Å². The van der Waals surface area contributed by atoms with E-state index in [4.69, 9.17) is 21.1 Å². The maximum absolute atomic E-state index is 13.0. The summed E-state index contributed by atoms with van der Waals surface area (Å²) in [5.41, 5.74) is 0. The van der Waals surface area contributed by atoms with Crippen molar-refractivity contribution in [3.63, 3.8) is 0 Å². The Bertz CT molecular complexity index is 621. The summed E-state index contributed by atoms with van der Waals surface area (Å²) >= 11 is 5.86. The Morgan fingerprint density at radius 3 is 2.72 bits per heavy atom. The number of amides is 1. The first-order valence-electron chi connectivity index (χ1n) is 8.08. The van der Waals surface area contributed by atoms with E-state index in [1.165, 1.54) is 19.1 Å². The van der Waals surface area contributed by atoms with Gasteiger partial charge in [-0.3, -0.25) is 9.59 Å². The van der Waals surface area contributed by atoms with Crippen molar-refractivity contribution >= 4 is 23.5 Å². The van der Waals surface area contributed by atoms with Crippen LogP contribution in [0.2, 0.25) is 5.02 Å². The Morgan fingerprint density at radius 1 is 1.44 bits per heavy atom. The maximum atomic E-state index is 13.0. The van der Waals surface area contributed by atoms with Gasteiger partial charge in [-0.2, -0.15) is 0 Å². The average molecular weight is 374 g/mol. The molecule has 0 radical (unpaired) electrons. The largest absolute Gasteiger partial charge is 0.481 e. The Hall–Kier alpha value is -1.86. The first kappa shape index (κ1) is 19.5. The van der Waals surface area contributed by atoms with Crippen LogP contribution in [0.5, 0.6) is 5.75 Å². The van der Waals surface area contributed by atoms with Gasteiger partial charge in [0.15, 0.2) is 6.10 Å². The number of carbonyl (C=O) groups is 2. The van der Waals surface area contributed by atoms with Gasteiger partial charge in [-0.05, 0) is 43.9 Å². The summed E-state index contributed by atoms with van der Waals surface area (Å²) in [7, 11) is 0. The summed E-state index contributed by atoms with van der Waals surface area (Å²) in [6.07, 6.45) is 0.417. The SMILES string of the molecule is CC(Oc1ccc(F)cc1Cl)C(=O)NCC(C(=O)O)C1CCOCC1. The predicted octanol–water partition coefficient (Wildman–Crippen LogP) is 2.49. The van der Waals surface area contributed by atoms with Gasteiger partial charge >= 0.3 is 5.97 Å². The molecule has 1 aromatic rings. The summed E-state index contributed by atoms with van der Waals surface area (Å²) in [5, 5.41) is 12.1. The molecule has 0 aromatic heterocycles. The zero-order valence-corrected chi connectivity index (χ0v) is 14.6. The number of carbonyl (C=O) groups excluding carboxylic acids is 1. The highest BCUT2D eigenvalue weighted by Gasteiger charge is 2.30. The van der Waals surface area contributed by atoms with Crippen molar-refractivity contribution in [2.45, 2.75) is 25.9 Å². The minimum Gasteiger partial charge on any atom is -0.481 e. The molecule has 25 heavy (non-hydrogen) atoms. The van der Waals surface area contributed by atoms with E-state index >= 15 is 0 Å². The molecule has 0 aliphatic carbocycles. The first-order valence-corrected chi connectivity index (χ1v) is 8.46. The number of ether oxygens (including phenoxy) is 2. The zero-order chi connectivity index (χ0) is 18.4. The Labute approximate surface area is 150 Å². The highest BCUT2D eigenvalue weighted by Crippen LogP contribution is 2.26. The predicted molar refractivity (Wildman–Crippen MR) is 89.2 cm³/mol. The number of halogens is 2. The summed E-state index contributed by atoms with van der Waals surface area (Å²) in [5.74, 6) is -2.43. The van der Waals surface area contributed by atoms with E-state index in [0.29, 0.717) is 26.1 Å². The molecule has 0 bridgehead atoms. The maximum Gasteiger partial charge on any atom is 0.308 e. The molecular formula is C17H21ClFNO5. The van der Waals surface area contributed by atoms with Crippen molar-refractivity contribution < 1.29 is 28.6 Å². The lowest BCUT2D eigenvalue weighted by Crippen LogP contribution is -2.43. The van der Waals surface area contributed by atoms with E-state index in [0.717, 1.165) is 6.07 Å². The second kappa shape index (κ2) is 9.01. The number of benzene rings is 1. The van der Waals surface area contributed by atoms with Crippen molar-refractivity contribution in [1.29, 1.82) is 0 Å². The van der Waals surface area contributed by atoms with Crippen LogP contribution in [0.15, 0.2) is 18.2 Å². The smallest absolute Gasteiger partial charge is 0.308 e. The average Bonchev–Trinajstić information content (AvgIpc) is 2.58. The van der Waals surface area contributed by atoms with Crippen LogP contribution in [0.3, 0.4) is 0 Å². The van der Waals surface area contributed by atoms with Gasteiger partial charge in [0.1, 0.15) is 11.6 Å². The highest BCUT2D eigenvalue weighted by molar-refractivity contribution is 6.32. The van der Waals surface area contributed by atoms with E-state index in [2.05, 4.69) is 5.32 Å². The van der Waals surface area contributed by atoms with Gasteiger partial charge in [-0.25, -0.2) is 4.39 Å². The van der Waals surface area contributed by atoms with Crippen LogP contribution in [-0.2, 0) is 14.3 Å². The van der Waals surface area contributed by atoms with Crippen molar-refractivity contribution in [2.75, 3.05) is 19.8 Å². The second-order valence-electron chi connectivity index (χ2n) is 5.97. The van der Waals surface area contributed by atoms with Gasteiger partial charge in [-0.1, -0.05) is 11.6 Å². The summed E-state index contributed by atoms with van der Waals surface area (Å²) in [4.78, 5) is 23.6. The summed E-state index contributed by atoms with van der Waals surface area (Å²) in [6.45, 7) is 2.60. The van der Waals surface area contributed by atoms with Crippen LogP contribution in [-0.4, -0.2) is 42.8 Å². The Balaban J connectivity index is 1.89. The third-order valence-corrected chi connectivity index (χ3v) is 4.51. The van der Waals surface area contributed by atoms with Gasteiger partial charge < -0.3 is 19.9 Å². The molecule has 0 spiro atoms. The number of carboxylic acids is 1. The highest BCUT2D eigenvalue weighted by atomic mass is 35.5. The van der Waals surface area contributed by atoms with Crippen molar-refractivity contribution in [1.82, 2.24) is 5.32 Å². The number of hydrogen-bond acceptors (Lipinski definition) is 4. The monoisotopic (exact) mass is 373 g/mol. The number of aliphatic carboxylic acids is 1. The van der Waals surface area contributed by atoms with E-state index in [9.17, 15) is 19.1 Å². The molecule has 0 saturated carbocycles. The molecule has 2 N–H and O–H groups in total. The van der Waals surface area contributed by atoms with Gasteiger partial charge in [0.2, 0.25) is 0 Å². The lowest BCUT2D eigenvalue weighted by Gasteiger charge is -2.28. The minimum atomic E-state index is -0.942. The van der Waals surface area contributed by atoms with Crippen LogP contribution in [0.1, 0.15) is 19.8 Å². The molecule has 138 valence electrons. The molecule has 1 saturated heterocycles. The van der Waals surface area contributed by atoms with Crippen LogP contribution < -0.4 is 10.1 Å². The molecule has 1 fully saturated rings. The third-order valence-electron chi connectivity index (χ3n) is 4.22. The summed E-state index contributed by atoms with van der Waals surface area (Å²) in [6, 6.07) is 3.61. The fourth-order valence-electron chi connectivity index (χ4n) is 2.74. The van der Waals surface area contributed by atoms with Gasteiger partial charge in [-0.15, -0.1) is 0 Å². The molecule has 6 nitrogen and oxygen atoms in total. The van der Waals surface area contributed by atoms with Crippen molar-refractivity contribution in [2.24, 2.45) is 11.8 Å². The molecule has 2 unspecified atom stereocenters. The summed E-state index contributed by atoms with van der Waals surface area (Å²) < 4.78 is 23.7. The molecule has 8 heteroatoms. The first-order chi connectivity index (χ1) is 11.9. The fraction of sp³-hybridized carbons (Fsp3) is 0.529. The molecule has 1 aliphatic heterocycles. The molecule has 1 aromatic carbocycles. The van der Waals surface area contributed by atoms with Crippen LogP contribution in [0.4, 0.5) is 4.39 Å². The van der Waals surface area contributed by atoms with Gasteiger partial charge in [0.25, 0.3) is 5.91 Å². The molecule has 1 aliphatic rings. The fourth-order valence-corrected chi connectivity index (χ4v) is 2.95. The van der Waals surface area contributed by atoms with Gasteiger partial charge in [0, 0.05) is 19.8 Å². The molecule has 2 atom stereocenters.